The lowest BCUT2D eigenvalue weighted by Crippen LogP contribution is -2.37. The van der Waals surface area contributed by atoms with Crippen LogP contribution in [0.2, 0.25) is 0 Å². The first-order valence-electron chi connectivity index (χ1n) is 12.7. The molecule has 0 aromatic heterocycles. The number of sulfonamides is 2. The molecular formula is C28H32N2O8S2. The molecule has 0 aliphatic carbocycles. The summed E-state index contributed by atoms with van der Waals surface area (Å²) in [4.78, 5) is 13.5. The van der Waals surface area contributed by atoms with Gasteiger partial charge in [-0.25, -0.2) is 21.6 Å². The molecule has 1 unspecified atom stereocenters. The number of amides is 1. The second kappa shape index (κ2) is 11.8. The monoisotopic (exact) mass is 588 g/mol. The third kappa shape index (κ3) is 7.05. The van der Waals surface area contributed by atoms with Gasteiger partial charge in [0.25, 0.3) is 15.9 Å². The largest absolute Gasteiger partial charge is 0.475 e. The molecule has 1 aliphatic heterocycles. The molecule has 214 valence electrons. The number of hydrogen-bond donors (Lipinski definition) is 2. The molecule has 0 spiro atoms. The number of anilines is 1. The Balaban J connectivity index is 1.69. The number of ether oxygens (including phenoxy) is 3. The molecule has 3 aromatic rings. The highest BCUT2D eigenvalue weighted by molar-refractivity contribution is 7.92. The topological polar surface area (TPSA) is 137 Å². The maximum Gasteiger partial charge on any atom is 0.279 e. The van der Waals surface area contributed by atoms with E-state index in [1.165, 1.54) is 18.2 Å². The molecule has 1 amide bonds. The van der Waals surface area contributed by atoms with Crippen molar-refractivity contribution in [2.24, 2.45) is 0 Å². The third-order valence-corrected chi connectivity index (χ3v) is 8.13. The van der Waals surface area contributed by atoms with E-state index in [0.717, 1.165) is 11.8 Å². The van der Waals surface area contributed by atoms with Crippen molar-refractivity contribution in [1.29, 1.82) is 0 Å². The molecule has 2 N–H and O–H groups in total. The summed E-state index contributed by atoms with van der Waals surface area (Å²) in [5, 5.41) is 0. The van der Waals surface area contributed by atoms with Crippen LogP contribution in [0.5, 0.6) is 17.2 Å². The lowest BCUT2D eigenvalue weighted by atomic mass is 10.0. The quantitative estimate of drug-likeness (QED) is 0.334. The van der Waals surface area contributed by atoms with E-state index < -0.39 is 32.1 Å². The van der Waals surface area contributed by atoms with Crippen molar-refractivity contribution < 1.29 is 35.8 Å². The molecule has 40 heavy (non-hydrogen) atoms. The van der Waals surface area contributed by atoms with Crippen molar-refractivity contribution in [2.45, 2.75) is 50.5 Å². The summed E-state index contributed by atoms with van der Waals surface area (Å²) in [6.07, 6.45) is 0.891. The van der Waals surface area contributed by atoms with Crippen molar-refractivity contribution in [2.75, 3.05) is 17.8 Å². The number of rotatable bonds is 11. The van der Waals surface area contributed by atoms with Crippen molar-refractivity contribution in [1.82, 2.24) is 4.72 Å². The van der Waals surface area contributed by atoms with Crippen LogP contribution in [0.4, 0.5) is 5.69 Å². The highest BCUT2D eigenvalue weighted by Gasteiger charge is 2.30. The standard InChI is InChI=1S/C28H32N2O8S2/c1-5-6-20-15-22(29-39(4,32)33)10-14-24(20)38-27(21-9-13-25-26(16-21)37-17-36-25)28(31)30-40(34,35)23-11-7-19(8-12-23)18(2)3/h7-16,18,27,29H,5-6,17H2,1-4H3,(H,30,31). The minimum Gasteiger partial charge on any atom is -0.475 e. The average molecular weight is 589 g/mol. The number of benzene rings is 3. The average Bonchev–Trinajstić information content (AvgIpc) is 3.35. The van der Waals surface area contributed by atoms with E-state index in [0.29, 0.717) is 46.9 Å². The Morgan fingerprint density at radius 2 is 1.60 bits per heavy atom. The van der Waals surface area contributed by atoms with Gasteiger partial charge in [0, 0.05) is 11.3 Å². The molecule has 0 bridgehead atoms. The van der Waals surface area contributed by atoms with E-state index in [-0.39, 0.29) is 17.6 Å². The zero-order valence-corrected chi connectivity index (χ0v) is 24.3. The zero-order chi connectivity index (χ0) is 29.1. The van der Waals surface area contributed by atoms with Crippen LogP contribution in [0.15, 0.2) is 65.6 Å². The van der Waals surface area contributed by atoms with E-state index in [4.69, 9.17) is 14.2 Å². The summed E-state index contributed by atoms with van der Waals surface area (Å²) in [5.74, 6) is 0.493. The number of carbonyl (C=O) groups is 1. The van der Waals surface area contributed by atoms with Gasteiger partial charge < -0.3 is 14.2 Å². The Kier molecular flexibility index (Phi) is 8.59. The van der Waals surface area contributed by atoms with Crippen molar-refractivity contribution in [3.05, 3.63) is 77.4 Å². The fourth-order valence-electron chi connectivity index (χ4n) is 4.19. The normalized spacial score (nSPS) is 13.6. The first kappa shape index (κ1) is 29.2. The fraction of sp³-hybridized carbons (Fsp3) is 0.321. The van der Waals surface area contributed by atoms with Gasteiger partial charge in [-0.2, -0.15) is 0 Å². The first-order valence-corrected chi connectivity index (χ1v) is 16.1. The predicted octanol–water partition coefficient (Wildman–Crippen LogP) is 4.49. The molecular weight excluding hydrogens is 556 g/mol. The van der Waals surface area contributed by atoms with E-state index in [2.05, 4.69) is 9.44 Å². The molecule has 1 heterocycles. The number of hydrogen-bond acceptors (Lipinski definition) is 8. The van der Waals surface area contributed by atoms with Gasteiger partial charge in [0.05, 0.1) is 11.2 Å². The number of fused-ring (bicyclic) bond motifs is 1. The van der Waals surface area contributed by atoms with Crippen LogP contribution < -0.4 is 23.7 Å². The van der Waals surface area contributed by atoms with Gasteiger partial charge in [-0.3, -0.25) is 9.52 Å². The highest BCUT2D eigenvalue weighted by Crippen LogP contribution is 2.36. The molecule has 12 heteroatoms. The lowest BCUT2D eigenvalue weighted by Gasteiger charge is -2.22. The molecule has 0 saturated heterocycles. The first-order chi connectivity index (χ1) is 18.9. The van der Waals surface area contributed by atoms with Crippen LogP contribution in [0, 0.1) is 0 Å². The summed E-state index contributed by atoms with van der Waals surface area (Å²) in [6.45, 7) is 5.95. The van der Waals surface area contributed by atoms with Crippen LogP contribution >= 0.6 is 0 Å². The minimum absolute atomic E-state index is 0.0205. The predicted molar refractivity (Wildman–Crippen MR) is 151 cm³/mol. The third-order valence-electron chi connectivity index (χ3n) is 6.16. The smallest absolute Gasteiger partial charge is 0.279 e. The summed E-state index contributed by atoms with van der Waals surface area (Å²) in [6, 6.07) is 15.8. The minimum atomic E-state index is -4.22. The van der Waals surface area contributed by atoms with Gasteiger partial charge in [0.2, 0.25) is 22.9 Å². The van der Waals surface area contributed by atoms with Crippen molar-refractivity contribution in [3.8, 4) is 17.2 Å². The number of nitrogens with one attached hydrogen (secondary N) is 2. The molecule has 1 atom stereocenters. The summed E-state index contributed by atoms with van der Waals surface area (Å²) in [7, 11) is -7.73. The molecule has 0 fully saturated rings. The van der Waals surface area contributed by atoms with Crippen molar-refractivity contribution in [3.63, 3.8) is 0 Å². The fourth-order valence-corrected chi connectivity index (χ4v) is 5.73. The second-order valence-corrected chi connectivity index (χ2v) is 13.2. The molecule has 3 aromatic carbocycles. The molecule has 0 radical (unpaired) electrons. The number of aryl methyl sites for hydroxylation is 1. The molecule has 4 rings (SSSR count). The van der Waals surface area contributed by atoms with Gasteiger partial charge >= 0.3 is 0 Å². The van der Waals surface area contributed by atoms with Crippen molar-refractivity contribution >= 4 is 31.6 Å². The van der Waals surface area contributed by atoms with E-state index >= 15 is 0 Å². The van der Waals surface area contributed by atoms with Crippen LogP contribution in [0.1, 0.15) is 55.9 Å². The van der Waals surface area contributed by atoms with Crippen LogP contribution in [0.25, 0.3) is 0 Å². The molecule has 1 aliphatic rings. The maximum absolute atomic E-state index is 13.6. The van der Waals surface area contributed by atoms with Gasteiger partial charge in [-0.05, 0) is 65.9 Å². The molecule has 10 nitrogen and oxygen atoms in total. The Hall–Kier alpha value is -3.77. The SMILES string of the molecule is CCCc1cc(NS(C)(=O)=O)ccc1OC(C(=O)NS(=O)(=O)c1ccc(C(C)C)cc1)c1ccc2c(c1)OCO2. The maximum atomic E-state index is 13.6. The Labute approximate surface area is 234 Å². The Bertz CT molecular complexity index is 1600. The zero-order valence-electron chi connectivity index (χ0n) is 22.6. The van der Waals surface area contributed by atoms with Crippen LogP contribution in [-0.4, -0.2) is 35.8 Å². The van der Waals surface area contributed by atoms with E-state index in [1.807, 2.05) is 20.8 Å². The van der Waals surface area contributed by atoms with Crippen LogP contribution in [0.3, 0.4) is 0 Å². The highest BCUT2D eigenvalue weighted by atomic mass is 32.2. The lowest BCUT2D eigenvalue weighted by molar-refractivity contribution is -0.126. The second-order valence-electron chi connectivity index (χ2n) is 9.75. The summed E-state index contributed by atoms with van der Waals surface area (Å²) >= 11 is 0. The number of carbonyl (C=O) groups excluding carboxylic acids is 1. The summed E-state index contributed by atoms with van der Waals surface area (Å²) in [5.41, 5.74) is 2.29. The molecule has 0 saturated carbocycles. The van der Waals surface area contributed by atoms with Gasteiger partial charge in [0.15, 0.2) is 11.5 Å². The van der Waals surface area contributed by atoms with Gasteiger partial charge in [-0.15, -0.1) is 0 Å². The van der Waals surface area contributed by atoms with E-state index in [1.54, 1.807) is 42.5 Å². The van der Waals surface area contributed by atoms with E-state index in [9.17, 15) is 21.6 Å². The summed E-state index contributed by atoms with van der Waals surface area (Å²) < 4.78 is 71.3. The van der Waals surface area contributed by atoms with Gasteiger partial charge in [-0.1, -0.05) is 45.4 Å². The Morgan fingerprint density at radius 3 is 2.25 bits per heavy atom. The van der Waals surface area contributed by atoms with Gasteiger partial charge in [0.1, 0.15) is 5.75 Å². The van der Waals surface area contributed by atoms with Crippen LogP contribution in [-0.2, 0) is 31.3 Å². The Morgan fingerprint density at radius 1 is 0.925 bits per heavy atom.